The Hall–Kier alpha value is -4.91. The maximum absolute atomic E-state index is 14.0. The molecule has 0 radical (unpaired) electrons. The molecule has 3 heterocycles. The van der Waals surface area contributed by atoms with E-state index in [2.05, 4.69) is 50.2 Å². The van der Waals surface area contributed by atoms with Crippen molar-refractivity contribution in [1.29, 1.82) is 0 Å². The summed E-state index contributed by atoms with van der Waals surface area (Å²) in [5, 5.41) is 0. The summed E-state index contributed by atoms with van der Waals surface area (Å²) in [5.41, 5.74) is 6.99. The lowest BCUT2D eigenvalue weighted by Crippen LogP contribution is -2.35. The maximum Gasteiger partial charge on any atom is 0.259 e. The van der Waals surface area contributed by atoms with Crippen LogP contribution in [0.1, 0.15) is 27.2 Å². The first-order chi connectivity index (χ1) is 19.1. The molecule has 3 aromatic carbocycles. The largest absolute Gasteiger partial charge is 0.438 e. The van der Waals surface area contributed by atoms with Crippen LogP contribution in [0.4, 0.5) is 5.69 Å². The quantitative estimate of drug-likeness (QED) is 0.290. The van der Waals surface area contributed by atoms with E-state index in [0.717, 1.165) is 33.6 Å². The number of aromatic amines is 1. The van der Waals surface area contributed by atoms with E-state index in [4.69, 9.17) is 4.74 Å². The molecule has 1 aliphatic rings. The van der Waals surface area contributed by atoms with Crippen molar-refractivity contribution in [3.63, 3.8) is 0 Å². The van der Waals surface area contributed by atoms with Gasteiger partial charge in [0.05, 0.1) is 18.6 Å². The number of aromatic nitrogens is 3. The summed E-state index contributed by atoms with van der Waals surface area (Å²) in [6.45, 7) is 4.38. The molecule has 0 spiro atoms. The fourth-order valence-electron chi connectivity index (χ4n) is 4.91. The fourth-order valence-corrected chi connectivity index (χ4v) is 4.91. The Labute approximate surface area is 227 Å². The molecule has 0 fully saturated rings. The SMILES string of the molecule is Cc1ccc(Oc2ncccc2C(=O)N2CCN(Cc3c[nH]cn3)c3ccc(-c4ccccc4)cc3C2)cc1. The summed E-state index contributed by atoms with van der Waals surface area (Å²) in [6, 6.07) is 28.1. The van der Waals surface area contributed by atoms with Gasteiger partial charge in [0.15, 0.2) is 0 Å². The number of benzene rings is 3. The van der Waals surface area contributed by atoms with Crippen LogP contribution in [0.15, 0.2) is 104 Å². The summed E-state index contributed by atoms with van der Waals surface area (Å²) in [5.74, 6) is 0.845. The fraction of sp³-hybridized carbons (Fsp3) is 0.156. The Morgan fingerprint density at radius 2 is 1.77 bits per heavy atom. The number of ether oxygens (including phenoxy) is 1. The third kappa shape index (κ3) is 5.38. The molecule has 0 unspecified atom stereocenters. The van der Waals surface area contributed by atoms with Crippen LogP contribution in [-0.4, -0.2) is 38.8 Å². The average Bonchev–Trinajstić information content (AvgIpc) is 3.42. The summed E-state index contributed by atoms with van der Waals surface area (Å²) in [4.78, 5) is 30.0. The molecule has 0 saturated carbocycles. The molecule has 7 nitrogen and oxygen atoms in total. The molecule has 7 heteroatoms. The normalized spacial score (nSPS) is 13.1. The van der Waals surface area contributed by atoms with E-state index in [1.165, 1.54) is 0 Å². The van der Waals surface area contributed by atoms with Crippen molar-refractivity contribution in [3.05, 3.63) is 126 Å². The molecule has 2 aromatic heterocycles. The van der Waals surface area contributed by atoms with E-state index in [0.29, 0.717) is 43.4 Å². The van der Waals surface area contributed by atoms with Crippen molar-refractivity contribution in [3.8, 4) is 22.8 Å². The van der Waals surface area contributed by atoms with Gasteiger partial charge in [0.1, 0.15) is 11.3 Å². The standard InChI is InChI=1S/C32H29N5O2/c1-23-9-12-28(13-10-23)39-31-29(8-5-15-34-31)32(38)37-17-16-36(21-27-19-33-22-35-27)30-14-11-25(18-26(30)20-37)24-6-3-2-4-7-24/h2-15,18-19,22H,16-17,20-21H2,1H3,(H,33,35). The zero-order valence-corrected chi connectivity index (χ0v) is 21.7. The monoisotopic (exact) mass is 515 g/mol. The van der Waals surface area contributed by atoms with E-state index < -0.39 is 0 Å². The molecule has 6 rings (SSSR count). The van der Waals surface area contributed by atoms with Gasteiger partial charge in [-0.2, -0.15) is 0 Å². The molecule has 39 heavy (non-hydrogen) atoms. The lowest BCUT2D eigenvalue weighted by Gasteiger charge is -2.24. The van der Waals surface area contributed by atoms with Gasteiger partial charge in [-0.15, -0.1) is 0 Å². The molecule has 5 aromatic rings. The number of aryl methyl sites for hydroxylation is 1. The van der Waals surface area contributed by atoms with Gasteiger partial charge in [0.25, 0.3) is 5.91 Å². The molecule has 194 valence electrons. The molecule has 0 atom stereocenters. The summed E-state index contributed by atoms with van der Waals surface area (Å²) < 4.78 is 6.06. The maximum atomic E-state index is 14.0. The van der Waals surface area contributed by atoms with Gasteiger partial charge in [-0.05, 0) is 60.0 Å². The minimum absolute atomic E-state index is 0.108. The predicted octanol–water partition coefficient (Wildman–Crippen LogP) is 6.24. The van der Waals surface area contributed by atoms with Gasteiger partial charge in [-0.3, -0.25) is 4.79 Å². The van der Waals surface area contributed by atoms with Crippen LogP contribution in [-0.2, 0) is 13.1 Å². The van der Waals surface area contributed by atoms with E-state index in [-0.39, 0.29) is 5.91 Å². The molecule has 0 bridgehead atoms. The number of H-pyrrole nitrogens is 1. The topological polar surface area (TPSA) is 74.3 Å². The number of fused-ring (bicyclic) bond motifs is 1. The highest BCUT2D eigenvalue weighted by Crippen LogP contribution is 2.33. The van der Waals surface area contributed by atoms with Crippen LogP contribution in [0.5, 0.6) is 11.6 Å². The highest BCUT2D eigenvalue weighted by atomic mass is 16.5. The zero-order chi connectivity index (χ0) is 26.6. The molecular weight excluding hydrogens is 486 g/mol. The van der Waals surface area contributed by atoms with Crippen molar-refractivity contribution in [2.45, 2.75) is 20.0 Å². The third-order valence-corrected chi connectivity index (χ3v) is 6.96. The lowest BCUT2D eigenvalue weighted by atomic mass is 10.0. The second kappa shape index (κ2) is 10.8. The van der Waals surface area contributed by atoms with Crippen LogP contribution < -0.4 is 9.64 Å². The smallest absolute Gasteiger partial charge is 0.259 e. The summed E-state index contributed by atoms with van der Waals surface area (Å²) >= 11 is 0. The minimum Gasteiger partial charge on any atom is -0.438 e. The molecule has 0 saturated heterocycles. The second-order valence-electron chi connectivity index (χ2n) is 9.69. The minimum atomic E-state index is -0.108. The van der Waals surface area contributed by atoms with E-state index >= 15 is 0 Å². The van der Waals surface area contributed by atoms with E-state index in [1.807, 2.05) is 60.5 Å². The summed E-state index contributed by atoms with van der Waals surface area (Å²) in [7, 11) is 0. The van der Waals surface area contributed by atoms with Crippen LogP contribution >= 0.6 is 0 Å². The highest BCUT2D eigenvalue weighted by Gasteiger charge is 2.27. The zero-order valence-electron chi connectivity index (χ0n) is 21.7. The second-order valence-corrected chi connectivity index (χ2v) is 9.69. The number of carbonyl (C=O) groups is 1. The molecule has 1 N–H and O–H groups in total. The van der Waals surface area contributed by atoms with Crippen molar-refractivity contribution in [2.75, 3.05) is 18.0 Å². The Morgan fingerprint density at radius 3 is 2.56 bits per heavy atom. The van der Waals surface area contributed by atoms with Gasteiger partial charge in [-0.1, -0.05) is 54.1 Å². The number of imidazole rings is 1. The Balaban J connectivity index is 1.33. The predicted molar refractivity (Wildman–Crippen MR) is 152 cm³/mol. The molecule has 0 aliphatic carbocycles. The van der Waals surface area contributed by atoms with E-state index in [1.54, 1.807) is 24.7 Å². The number of anilines is 1. The van der Waals surface area contributed by atoms with Crippen LogP contribution in [0, 0.1) is 6.92 Å². The number of carbonyl (C=O) groups excluding carboxylic acids is 1. The number of nitrogens with one attached hydrogen (secondary N) is 1. The Morgan fingerprint density at radius 1 is 0.923 bits per heavy atom. The van der Waals surface area contributed by atoms with Gasteiger partial charge in [0.2, 0.25) is 5.88 Å². The first kappa shape index (κ1) is 24.4. The number of rotatable bonds is 6. The Kier molecular flexibility index (Phi) is 6.78. The Bertz CT molecular complexity index is 1570. The van der Waals surface area contributed by atoms with Crippen LogP contribution in [0.25, 0.3) is 11.1 Å². The molecular formula is C32H29N5O2. The number of pyridine rings is 1. The molecule has 1 amide bonds. The summed E-state index contributed by atoms with van der Waals surface area (Å²) in [6.07, 6.45) is 5.26. The molecule has 1 aliphatic heterocycles. The van der Waals surface area contributed by atoms with Crippen molar-refractivity contribution < 1.29 is 9.53 Å². The van der Waals surface area contributed by atoms with E-state index in [9.17, 15) is 4.79 Å². The third-order valence-electron chi connectivity index (χ3n) is 6.96. The average molecular weight is 516 g/mol. The number of amides is 1. The van der Waals surface area contributed by atoms with Gasteiger partial charge in [0, 0.05) is 37.7 Å². The number of hydrogen-bond donors (Lipinski definition) is 1. The number of nitrogens with zero attached hydrogens (tertiary/aromatic N) is 4. The number of hydrogen-bond acceptors (Lipinski definition) is 5. The lowest BCUT2D eigenvalue weighted by molar-refractivity contribution is 0.0748. The van der Waals surface area contributed by atoms with Gasteiger partial charge >= 0.3 is 0 Å². The first-order valence-electron chi connectivity index (χ1n) is 13.0. The highest BCUT2D eigenvalue weighted by molar-refractivity contribution is 5.96. The van der Waals surface area contributed by atoms with Crippen molar-refractivity contribution in [2.24, 2.45) is 0 Å². The first-order valence-corrected chi connectivity index (χ1v) is 13.0. The van der Waals surface area contributed by atoms with Crippen molar-refractivity contribution in [1.82, 2.24) is 19.9 Å². The van der Waals surface area contributed by atoms with Crippen molar-refractivity contribution >= 4 is 11.6 Å². The van der Waals surface area contributed by atoms with Crippen LogP contribution in [0.3, 0.4) is 0 Å². The van der Waals surface area contributed by atoms with Crippen LogP contribution in [0.2, 0.25) is 0 Å². The van der Waals surface area contributed by atoms with Gasteiger partial charge < -0.3 is 19.5 Å². The van der Waals surface area contributed by atoms with Gasteiger partial charge in [-0.25, -0.2) is 9.97 Å².